The van der Waals surface area contributed by atoms with Gasteiger partial charge in [-0.1, -0.05) is 24.3 Å². The predicted octanol–water partition coefficient (Wildman–Crippen LogP) is 15.2. The number of halogens is 16. The van der Waals surface area contributed by atoms with Crippen LogP contribution >= 0.6 is 12.4 Å². The second kappa shape index (κ2) is 39.9. The first-order chi connectivity index (χ1) is 50.8. The summed E-state index contributed by atoms with van der Waals surface area (Å²) in [6, 6.07) is 10.9. The first-order valence-corrected chi connectivity index (χ1v) is 37.9. The van der Waals surface area contributed by atoms with Gasteiger partial charge in [0.15, 0.2) is 0 Å². The van der Waals surface area contributed by atoms with E-state index in [0.29, 0.717) is 106 Å². The number of carboxylic acid groups (broad SMARTS) is 1. The summed E-state index contributed by atoms with van der Waals surface area (Å²) in [7, 11) is 0. The van der Waals surface area contributed by atoms with Gasteiger partial charge < -0.3 is 39.8 Å². The Hall–Kier alpha value is -6.41. The summed E-state index contributed by atoms with van der Waals surface area (Å²) in [4.78, 5) is 109. The largest absolute Gasteiger partial charge is 0.481 e. The van der Waals surface area contributed by atoms with Gasteiger partial charge >= 0.3 is 36.9 Å². The Bertz CT molecular complexity index is 3320. The average molecular weight is 1590 g/mol. The number of hydrogen-bond donors (Lipinski definition) is 5. The van der Waals surface area contributed by atoms with Crippen molar-refractivity contribution in [1.29, 1.82) is 0 Å². The number of carboxylic acids is 1. The van der Waals surface area contributed by atoms with Crippen LogP contribution in [-0.4, -0.2) is 161 Å². The summed E-state index contributed by atoms with van der Waals surface area (Å²) in [6.07, 6.45) is -7.79. The molecule has 6 aliphatic heterocycles. The first kappa shape index (κ1) is 89.8. The Balaban J connectivity index is 0.000000194. The second-order valence-electron chi connectivity index (χ2n) is 30.9. The summed E-state index contributed by atoms with van der Waals surface area (Å²) in [5.41, 5.74) is 5.74. The van der Waals surface area contributed by atoms with Crippen molar-refractivity contribution in [3.8, 4) is 0 Å². The number of benzene rings is 2. The Labute approximate surface area is 629 Å². The van der Waals surface area contributed by atoms with E-state index >= 15 is 0 Å². The molecule has 6 heterocycles. The van der Waals surface area contributed by atoms with Crippen molar-refractivity contribution in [2.75, 3.05) is 39.3 Å². The lowest BCUT2D eigenvalue weighted by molar-refractivity contribution is -0.186. The fourth-order valence-corrected chi connectivity index (χ4v) is 16.8. The lowest BCUT2D eigenvalue weighted by atomic mass is 9.81. The van der Waals surface area contributed by atoms with E-state index in [1.807, 2.05) is 18.2 Å². The molecule has 5 aliphatic carbocycles. The molecule has 612 valence electrons. The molecule has 5 N–H and O–H groups in total. The van der Waals surface area contributed by atoms with Crippen LogP contribution in [0, 0.1) is 59.2 Å². The van der Waals surface area contributed by atoms with Crippen molar-refractivity contribution in [3.63, 3.8) is 0 Å². The first-order valence-electron chi connectivity index (χ1n) is 37.9. The minimum absolute atomic E-state index is 0. The number of hydrogen-bond acceptors (Lipinski definition) is 12. The summed E-state index contributed by atoms with van der Waals surface area (Å²) < 4.78 is 184. The summed E-state index contributed by atoms with van der Waals surface area (Å²) in [6.45, 7) is 5.69. The molecule has 2 aromatic carbocycles. The monoisotopic (exact) mass is 1590 g/mol. The van der Waals surface area contributed by atoms with Gasteiger partial charge in [0.2, 0.25) is 23.6 Å². The molecule has 109 heavy (non-hydrogen) atoms. The van der Waals surface area contributed by atoms with Crippen LogP contribution in [0.1, 0.15) is 235 Å². The maximum Gasteiger partial charge on any atom is 0.391 e. The van der Waals surface area contributed by atoms with Crippen LogP contribution in [0.25, 0.3) is 0 Å². The molecule has 0 radical (unpaired) electrons. The summed E-state index contributed by atoms with van der Waals surface area (Å²) in [5.74, 6) is -7.88. The Morgan fingerprint density at radius 1 is 0.440 bits per heavy atom. The van der Waals surface area contributed by atoms with Gasteiger partial charge in [-0.2, -0.15) is 65.9 Å². The fourth-order valence-electron chi connectivity index (χ4n) is 16.8. The summed E-state index contributed by atoms with van der Waals surface area (Å²) >= 11 is 0. The van der Waals surface area contributed by atoms with Crippen molar-refractivity contribution in [2.45, 2.75) is 248 Å². The number of nitrogens with one attached hydrogen (secondary N) is 3. The number of aliphatic hydroxyl groups is 1. The molecule has 0 bridgehead atoms. The molecule has 4 saturated heterocycles. The number of aliphatic hydroxyl groups excluding tert-OH is 1. The van der Waals surface area contributed by atoms with Gasteiger partial charge in [0.25, 0.3) is 11.8 Å². The standard InChI is InChI=1S/C26H32F3N3O3.C18H21N3O3.C8H11F3O2.C8H13F3O.2C8H11F3O.ClH/c27-26(28,29)20-4-1-16(2-5-20)14-31-11-9-17(10-12-31)18-3-6-21-19(13-18)15-32(25(21)35)22-7-8-23(33)30-24(22)34;22-16-4-3-15(17(23)20-16)21-10-13-9-12(1-2-14(13)18(21)24)11-5-7-19-8-6-11;9-8(10,11)6-3-1-5(2-4-6)7(12)13;3*9-8(10,11)7-3-1-6(5-12)2-4-7;/h3,6,13,16-17,20,22H,1-2,4-5,7-12,14-15H2,(H,30,33,34);1-2,9,11,15,19H,3-8,10H2,(H,20,22,23);5-6H,1-4H2,(H,12,13);6-7,12H,1-5H2;2*5-7H,1-4H2;1H. The van der Waals surface area contributed by atoms with Crippen LogP contribution in [0.5, 0.6) is 0 Å². The van der Waals surface area contributed by atoms with Crippen LogP contribution in [0.2, 0.25) is 0 Å². The zero-order valence-electron chi connectivity index (χ0n) is 60.6. The molecule has 2 unspecified atom stereocenters. The topological polar surface area (TPSA) is 240 Å². The van der Waals surface area contributed by atoms with E-state index in [1.165, 1.54) is 11.1 Å². The lowest BCUT2D eigenvalue weighted by Crippen LogP contribution is -2.52. The van der Waals surface area contributed by atoms with Gasteiger partial charge in [-0.05, 0) is 251 Å². The number of aldehydes is 2. The number of alkyl halides is 15. The Morgan fingerprint density at radius 3 is 1.09 bits per heavy atom. The minimum Gasteiger partial charge on any atom is -0.481 e. The molecule has 17 nitrogen and oxygen atoms in total. The van der Waals surface area contributed by atoms with E-state index in [-0.39, 0.29) is 156 Å². The van der Waals surface area contributed by atoms with E-state index in [9.17, 15) is 109 Å². The normalized spacial score (nSPS) is 28.8. The molecule has 33 heteroatoms. The molecule has 0 spiro atoms. The number of carbonyl (C=O) groups is 9. The number of likely N-dealkylation sites (tertiary alicyclic amines) is 1. The van der Waals surface area contributed by atoms with Crippen molar-refractivity contribution in [1.82, 2.24) is 30.7 Å². The smallest absolute Gasteiger partial charge is 0.391 e. The van der Waals surface area contributed by atoms with Gasteiger partial charge in [0.1, 0.15) is 24.7 Å². The highest BCUT2D eigenvalue weighted by Gasteiger charge is 2.47. The minimum atomic E-state index is -4.15. The molecule has 0 aromatic heterocycles. The van der Waals surface area contributed by atoms with Gasteiger partial charge in [-0.3, -0.25) is 44.2 Å². The predicted molar refractivity (Wildman–Crippen MR) is 370 cm³/mol. The number of carbonyl (C=O) groups excluding carboxylic acids is 8. The van der Waals surface area contributed by atoms with Crippen LogP contribution in [0.4, 0.5) is 65.9 Å². The van der Waals surface area contributed by atoms with Crippen molar-refractivity contribution >= 4 is 66.4 Å². The van der Waals surface area contributed by atoms with Crippen LogP contribution < -0.4 is 16.0 Å². The number of imide groups is 2. The molecular formula is C76H100ClF15N6O11. The highest BCUT2D eigenvalue weighted by molar-refractivity contribution is 6.06. The maximum atomic E-state index is 12.9. The number of rotatable bonds is 10. The SMILES string of the molecule is Cl.O=C(O)C1CCC(C(F)(F)F)CC1.O=C1CCC(N2Cc3cc(C4CCN(CC5CCC(C(F)(F)F)CC5)CC4)ccc3C2=O)C(=O)N1.O=C1CCC(N2Cc3cc(C4CCNCC4)ccc3C2=O)C(=O)N1.O=CC1CCC(C(F)(F)F)CC1.O=CC1CCC(C(F)(F)F)CC1.OCC1CCC(C(F)(F)F)CC1. The van der Waals surface area contributed by atoms with Crippen molar-refractivity contribution in [3.05, 3.63) is 69.8 Å². The van der Waals surface area contributed by atoms with Gasteiger partial charge in [-0.15, -0.1) is 12.4 Å². The quantitative estimate of drug-likeness (QED) is 0.0846. The number of nitrogens with zero attached hydrogens (tertiary/aromatic N) is 3. The number of amides is 6. The molecule has 11 aliphatic rings. The average Bonchev–Trinajstić information content (AvgIpc) is 1.63. The van der Waals surface area contributed by atoms with E-state index in [2.05, 4.69) is 39.0 Å². The number of aliphatic carboxylic acids is 1. The Morgan fingerprint density at radius 2 is 0.771 bits per heavy atom. The molecule has 9 fully saturated rings. The third-order valence-electron chi connectivity index (χ3n) is 23.8. The van der Waals surface area contributed by atoms with E-state index in [1.54, 1.807) is 9.80 Å². The molecule has 2 aromatic rings. The number of fused-ring (bicyclic) bond motifs is 2. The van der Waals surface area contributed by atoms with Crippen LogP contribution in [0.15, 0.2) is 36.4 Å². The molecule has 5 saturated carbocycles. The van der Waals surface area contributed by atoms with Crippen LogP contribution in [0.3, 0.4) is 0 Å². The molecular weight excluding hydrogens is 1490 g/mol. The number of piperidine rings is 4. The van der Waals surface area contributed by atoms with Crippen molar-refractivity contribution < 1.29 is 119 Å². The Kier molecular flexibility index (Phi) is 32.8. The highest BCUT2D eigenvalue weighted by Crippen LogP contribution is 2.45. The summed E-state index contributed by atoms with van der Waals surface area (Å²) in [5, 5.41) is 25.3. The highest BCUT2D eigenvalue weighted by atomic mass is 35.5. The lowest BCUT2D eigenvalue weighted by Gasteiger charge is -2.37. The van der Waals surface area contributed by atoms with E-state index in [4.69, 9.17) is 10.2 Å². The zero-order chi connectivity index (χ0) is 79.1. The van der Waals surface area contributed by atoms with Gasteiger partial charge in [-0.25, -0.2) is 0 Å². The zero-order valence-corrected chi connectivity index (χ0v) is 61.5. The molecule has 13 rings (SSSR count). The van der Waals surface area contributed by atoms with E-state index < -0.39 is 90.3 Å². The van der Waals surface area contributed by atoms with Crippen LogP contribution in [-0.2, 0) is 46.7 Å². The van der Waals surface area contributed by atoms with Gasteiger partial charge in [0, 0.05) is 62.0 Å². The van der Waals surface area contributed by atoms with Gasteiger partial charge in [0.05, 0.1) is 35.5 Å². The fraction of sp³-hybridized carbons (Fsp3) is 0.724. The molecule has 2 atom stereocenters. The van der Waals surface area contributed by atoms with E-state index in [0.717, 1.165) is 82.1 Å². The van der Waals surface area contributed by atoms with Crippen molar-refractivity contribution in [2.24, 2.45) is 59.2 Å². The maximum absolute atomic E-state index is 12.9. The third-order valence-corrected chi connectivity index (χ3v) is 23.8. The molecule has 6 amide bonds. The third kappa shape index (κ3) is 25.8. The second-order valence-corrected chi connectivity index (χ2v) is 30.9.